The molecule has 2 aliphatic rings. The molecule has 0 spiro atoms. The first kappa shape index (κ1) is 17.0. The molecule has 0 aliphatic carbocycles. The van der Waals surface area contributed by atoms with E-state index in [2.05, 4.69) is 10.6 Å². The predicted molar refractivity (Wildman–Crippen MR) is 97.0 cm³/mol. The maximum absolute atomic E-state index is 12.8. The molecule has 138 valence electrons. The summed E-state index contributed by atoms with van der Waals surface area (Å²) >= 11 is 0. The second-order valence-electron chi connectivity index (χ2n) is 6.02. The number of benzene rings is 2. The number of carbonyl (C=O) groups is 2. The van der Waals surface area contributed by atoms with Gasteiger partial charge in [0.1, 0.15) is 0 Å². The zero-order chi connectivity index (χ0) is 18.8. The number of rotatable bonds is 4. The van der Waals surface area contributed by atoms with Crippen LogP contribution in [0.25, 0.3) is 5.70 Å². The molecule has 2 heterocycles. The third-order valence-electron chi connectivity index (χ3n) is 4.36. The van der Waals surface area contributed by atoms with E-state index in [-0.39, 0.29) is 13.4 Å². The van der Waals surface area contributed by atoms with E-state index in [4.69, 9.17) is 14.2 Å². The second kappa shape index (κ2) is 7.03. The molecule has 0 saturated heterocycles. The Bertz CT molecular complexity index is 923. The van der Waals surface area contributed by atoms with E-state index in [1.165, 1.54) is 0 Å². The fraction of sp³-hybridized carbons (Fsp3) is 0.200. The van der Waals surface area contributed by atoms with Crippen molar-refractivity contribution in [2.24, 2.45) is 0 Å². The maximum atomic E-state index is 12.8. The summed E-state index contributed by atoms with van der Waals surface area (Å²) in [5, 5.41) is 5.55. The lowest BCUT2D eigenvalue weighted by Gasteiger charge is -2.29. The van der Waals surface area contributed by atoms with Gasteiger partial charge in [-0.25, -0.2) is 9.59 Å². The monoisotopic (exact) mass is 366 g/mol. The first-order chi connectivity index (χ1) is 13.2. The lowest BCUT2D eigenvalue weighted by atomic mass is 9.92. The van der Waals surface area contributed by atoms with E-state index < -0.39 is 18.0 Å². The van der Waals surface area contributed by atoms with Crippen molar-refractivity contribution in [3.05, 3.63) is 65.2 Å². The summed E-state index contributed by atoms with van der Waals surface area (Å²) in [6.07, 6.45) is 0. The van der Waals surface area contributed by atoms with Crippen LogP contribution in [0, 0.1) is 0 Å². The van der Waals surface area contributed by atoms with Crippen molar-refractivity contribution in [1.82, 2.24) is 10.6 Å². The lowest BCUT2D eigenvalue weighted by molar-refractivity contribution is -0.138. The van der Waals surface area contributed by atoms with Crippen molar-refractivity contribution in [3.63, 3.8) is 0 Å². The fourth-order valence-corrected chi connectivity index (χ4v) is 3.17. The smallest absolute Gasteiger partial charge is 0.338 e. The van der Waals surface area contributed by atoms with Gasteiger partial charge in [-0.1, -0.05) is 36.4 Å². The average molecular weight is 366 g/mol. The first-order valence-corrected chi connectivity index (χ1v) is 8.61. The topological polar surface area (TPSA) is 85.9 Å². The molecule has 2 amide bonds. The maximum Gasteiger partial charge on any atom is 0.338 e. The number of amides is 2. The number of esters is 1. The summed E-state index contributed by atoms with van der Waals surface area (Å²) in [4.78, 5) is 25.1. The summed E-state index contributed by atoms with van der Waals surface area (Å²) in [6.45, 7) is 2.12. The van der Waals surface area contributed by atoms with Gasteiger partial charge < -0.3 is 24.8 Å². The van der Waals surface area contributed by atoms with Crippen LogP contribution in [-0.2, 0) is 9.53 Å². The van der Waals surface area contributed by atoms with E-state index in [0.29, 0.717) is 28.3 Å². The predicted octanol–water partition coefficient (Wildman–Crippen LogP) is 2.74. The summed E-state index contributed by atoms with van der Waals surface area (Å²) in [5.74, 6) is 0.709. The highest BCUT2D eigenvalue weighted by Crippen LogP contribution is 2.38. The van der Waals surface area contributed by atoms with Gasteiger partial charge in [-0.2, -0.15) is 0 Å². The van der Waals surface area contributed by atoms with Crippen LogP contribution in [-0.4, -0.2) is 25.4 Å². The molecular formula is C20H18N2O5. The molecule has 0 unspecified atom stereocenters. The Morgan fingerprint density at radius 3 is 2.70 bits per heavy atom. The molecule has 0 fully saturated rings. The zero-order valence-corrected chi connectivity index (χ0v) is 14.7. The Balaban J connectivity index is 1.85. The van der Waals surface area contributed by atoms with E-state index >= 15 is 0 Å². The standard InChI is InChI=1S/C20H18N2O5/c1-2-25-19(23)16-17(12-6-4-3-5-7-12)21-20(24)22-18(16)13-8-9-14-15(10-13)27-11-26-14/h3-10,18H,2,11H2,1H3,(H2,21,22,24)/t18-/m1/s1. The van der Waals surface area contributed by atoms with Crippen molar-refractivity contribution in [2.75, 3.05) is 13.4 Å². The fourth-order valence-electron chi connectivity index (χ4n) is 3.17. The minimum absolute atomic E-state index is 0.146. The van der Waals surface area contributed by atoms with Crippen molar-refractivity contribution >= 4 is 17.7 Å². The highest BCUT2D eigenvalue weighted by molar-refractivity contribution is 6.04. The number of carbonyl (C=O) groups excluding carboxylic acids is 2. The van der Waals surface area contributed by atoms with Gasteiger partial charge in [0.2, 0.25) is 6.79 Å². The molecular weight excluding hydrogens is 348 g/mol. The van der Waals surface area contributed by atoms with E-state index in [9.17, 15) is 9.59 Å². The SMILES string of the molecule is CCOC(=O)C1=C(c2ccccc2)NC(=O)N[C@@H]1c1ccc2c(c1)OCO2. The van der Waals surface area contributed by atoms with Crippen LogP contribution in [0.3, 0.4) is 0 Å². The van der Waals surface area contributed by atoms with Crippen molar-refractivity contribution < 1.29 is 23.8 Å². The Morgan fingerprint density at radius 2 is 1.93 bits per heavy atom. The summed E-state index contributed by atoms with van der Waals surface area (Å²) < 4.78 is 16.0. The molecule has 2 aromatic carbocycles. The van der Waals surface area contributed by atoms with Gasteiger partial charge in [-0.05, 0) is 30.2 Å². The molecule has 7 heteroatoms. The summed E-state index contributed by atoms with van der Waals surface area (Å²) in [5.41, 5.74) is 2.19. The third kappa shape index (κ3) is 3.19. The molecule has 0 bridgehead atoms. The third-order valence-corrected chi connectivity index (χ3v) is 4.36. The van der Waals surface area contributed by atoms with Crippen molar-refractivity contribution in [2.45, 2.75) is 13.0 Å². The largest absolute Gasteiger partial charge is 0.463 e. The molecule has 1 atom stereocenters. The minimum atomic E-state index is -0.678. The van der Waals surface area contributed by atoms with Gasteiger partial charge >= 0.3 is 12.0 Å². The molecule has 0 saturated carbocycles. The molecule has 2 aliphatic heterocycles. The van der Waals surface area contributed by atoms with Crippen LogP contribution in [0.15, 0.2) is 54.1 Å². The van der Waals surface area contributed by atoms with Crippen LogP contribution >= 0.6 is 0 Å². The van der Waals surface area contributed by atoms with Crippen LogP contribution in [0.5, 0.6) is 11.5 Å². The van der Waals surface area contributed by atoms with Crippen LogP contribution < -0.4 is 20.1 Å². The van der Waals surface area contributed by atoms with Gasteiger partial charge in [0.25, 0.3) is 0 Å². The highest BCUT2D eigenvalue weighted by Gasteiger charge is 2.35. The lowest BCUT2D eigenvalue weighted by Crippen LogP contribution is -2.45. The number of urea groups is 1. The average Bonchev–Trinajstić information content (AvgIpc) is 3.16. The Kier molecular flexibility index (Phi) is 4.42. The van der Waals surface area contributed by atoms with E-state index in [0.717, 1.165) is 5.56 Å². The van der Waals surface area contributed by atoms with Crippen LogP contribution in [0.2, 0.25) is 0 Å². The Morgan fingerprint density at radius 1 is 1.15 bits per heavy atom. The normalized spacial score (nSPS) is 18.0. The Hall–Kier alpha value is -3.48. The van der Waals surface area contributed by atoms with Crippen LogP contribution in [0.4, 0.5) is 4.79 Å². The number of fused-ring (bicyclic) bond motifs is 1. The number of nitrogens with one attached hydrogen (secondary N) is 2. The van der Waals surface area contributed by atoms with Gasteiger partial charge in [-0.3, -0.25) is 0 Å². The second-order valence-corrected chi connectivity index (χ2v) is 6.02. The van der Waals surface area contributed by atoms with Gasteiger partial charge in [-0.15, -0.1) is 0 Å². The molecule has 2 aromatic rings. The van der Waals surface area contributed by atoms with Gasteiger partial charge in [0.15, 0.2) is 11.5 Å². The minimum Gasteiger partial charge on any atom is -0.463 e. The van der Waals surface area contributed by atoms with Crippen molar-refractivity contribution in [3.8, 4) is 11.5 Å². The first-order valence-electron chi connectivity index (χ1n) is 8.61. The summed E-state index contributed by atoms with van der Waals surface area (Å²) in [7, 11) is 0. The molecule has 7 nitrogen and oxygen atoms in total. The van der Waals surface area contributed by atoms with Gasteiger partial charge in [0.05, 0.1) is 23.9 Å². The quantitative estimate of drug-likeness (QED) is 0.813. The van der Waals surface area contributed by atoms with Gasteiger partial charge in [0, 0.05) is 0 Å². The molecule has 27 heavy (non-hydrogen) atoms. The Labute approximate surface area is 155 Å². The number of hydrogen-bond acceptors (Lipinski definition) is 5. The molecule has 0 aromatic heterocycles. The highest BCUT2D eigenvalue weighted by atomic mass is 16.7. The van der Waals surface area contributed by atoms with Crippen LogP contribution in [0.1, 0.15) is 24.1 Å². The van der Waals surface area contributed by atoms with E-state index in [1.54, 1.807) is 25.1 Å². The molecule has 0 radical (unpaired) electrons. The summed E-state index contributed by atoms with van der Waals surface area (Å²) in [6, 6.07) is 13.5. The molecule has 4 rings (SSSR count). The zero-order valence-electron chi connectivity index (χ0n) is 14.7. The number of hydrogen-bond donors (Lipinski definition) is 2. The number of ether oxygens (including phenoxy) is 3. The van der Waals surface area contributed by atoms with Crippen molar-refractivity contribution in [1.29, 1.82) is 0 Å². The molecule has 2 N–H and O–H groups in total. The van der Waals surface area contributed by atoms with E-state index in [1.807, 2.05) is 30.3 Å².